The van der Waals surface area contributed by atoms with Crippen molar-refractivity contribution < 1.29 is 23.6 Å². The molecule has 144 valence electrons. The van der Waals surface area contributed by atoms with Crippen LogP contribution in [0, 0.1) is 5.82 Å². The first kappa shape index (κ1) is 19.0. The summed E-state index contributed by atoms with van der Waals surface area (Å²) in [5.74, 6) is -0.348. The molecule has 8 heteroatoms. The number of nitrogens with one attached hydrogen (secondary N) is 1. The quantitative estimate of drug-likeness (QED) is 0.734. The number of aliphatic carboxylic acids is 1. The molecule has 1 fully saturated rings. The molecular formula is C19H22FN3O4. The maximum absolute atomic E-state index is 13.1. The second-order valence-corrected chi connectivity index (χ2v) is 6.80. The molecule has 0 spiro atoms. The summed E-state index contributed by atoms with van der Waals surface area (Å²) >= 11 is 0. The zero-order chi connectivity index (χ0) is 19.2. The van der Waals surface area contributed by atoms with E-state index in [2.05, 4.69) is 15.5 Å². The number of aryl methyl sites for hydroxylation is 1. The monoisotopic (exact) mass is 375 g/mol. The van der Waals surface area contributed by atoms with E-state index in [4.69, 9.17) is 9.63 Å². The van der Waals surface area contributed by atoms with Crippen molar-refractivity contribution in [2.45, 2.75) is 56.9 Å². The Bertz CT molecular complexity index is 785. The third-order valence-corrected chi connectivity index (χ3v) is 4.76. The Hall–Kier alpha value is -2.77. The Kier molecular flexibility index (Phi) is 6.16. The van der Waals surface area contributed by atoms with Gasteiger partial charge in [0.05, 0.1) is 12.5 Å². The number of carbonyl (C=O) groups excluding carboxylic acids is 1. The van der Waals surface area contributed by atoms with Gasteiger partial charge < -0.3 is 14.9 Å². The predicted octanol–water partition coefficient (Wildman–Crippen LogP) is 3.13. The van der Waals surface area contributed by atoms with Crippen LogP contribution in [-0.2, 0) is 16.0 Å². The maximum Gasteiger partial charge on any atom is 0.305 e. The van der Waals surface area contributed by atoms with Gasteiger partial charge in [0.1, 0.15) is 5.82 Å². The summed E-state index contributed by atoms with van der Waals surface area (Å²) in [6.45, 7) is 0. The van der Waals surface area contributed by atoms with Crippen LogP contribution in [0.4, 0.5) is 4.39 Å². The van der Waals surface area contributed by atoms with E-state index in [1.54, 1.807) is 0 Å². The van der Waals surface area contributed by atoms with Crippen molar-refractivity contribution in [2.24, 2.45) is 0 Å². The Balaban J connectivity index is 1.55. The predicted molar refractivity (Wildman–Crippen MR) is 93.4 cm³/mol. The van der Waals surface area contributed by atoms with Gasteiger partial charge >= 0.3 is 5.97 Å². The van der Waals surface area contributed by atoms with E-state index in [0.29, 0.717) is 23.2 Å². The van der Waals surface area contributed by atoms with Gasteiger partial charge in [0.25, 0.3) is 0 Å². The van der Waals surface area contributed by atoms with Crippen LogP contribution < -0.4 is 5.32 Å². The second kappa shape index (κ2) is 8.75. The molecule has 0 radical (unpaired) electrons. The molecule has 1 atom stereocenters. The third-order valence-electron chi connectivity index (χ3n) is 4.76. The van der Waals surface area contributed by atoms with Crippen LogP contribution in [0.25, 0.3) is 0 Å². The van der Waals surface area contributed by atoms with Gasteiger partial charge in [-0.3, -0.25) is 9.59 Å². The standard InChI is InChI=1S/C19H22FN3O4/c20-14-7-5-12(6-8-14)15(11-18(25)26)21-16(24)9-10-17-22-19(23-27-17)13-3-1-2-4-13/h5-8,13,15H,1-4,9-11H2,(H,21,24)(H,25,26). The number of hydrogen-bond donors (Lipinski definition) is 2. The van der Waals surface area contributed by atoms with E-state index >= 15 is 0 Å². The highest BCUT2D eigenvalue weighted by molar-refractivity contribution is 5.77. The van der Waals surface area contributed by atoms with Crippen molar-refractivity contribution >= 4 is 11.9 Å². The highest BCUT2D eigenvalue weighted by Gasteiger charge is 2.23. The van der Waals surface area contributed by atoms with E-state index in [0.717, 1.165) is 12.8 Å². The topological polar surface area (TPSA) is 105 Å². The first-order valence-corrected chi connectivity index (χ1v) is 9.10. The van der Waals surface area contributed by atoms with Gasteiger partial charge in [0, 0.05) is 18.8 Å². The van der Waals surface area contributed by atoms with E-state index in [1.165, 1.54) is 37.1 Å². The number of aromatic nitrogens is 2. The third kappa shape index (κ3) is 5.35. The lowest BCUT2D eigenvalue weighted by Crippen LogP contribution is -2.30. The van der Waals surface area contributed by atoms with Gasteiger partial charge in [-0.1, -0.05) is 30.1 Å². The Labute approximate surface area is 156 Å². The van der Waals surface area contributed by atoms with Crippen molar-refractivity contribution in [1.29, 1.82) is 0 Å². The lowest BCUT2D eigenvalue weighted by molar-refractivity contribution is -0.137. The molecule has 1 heterocycles. The second-order valence-electron chi connectivity index (χ2n) is 6.80. The van der Waals surface area contributed by atoms with Crippen LogP contribution in [0.15, 0.2) is 28.8 Å². The fourth-order valence-corrected chi connectivity index (χ4v) is 3.33. The van der Waals surface area contributed by atoms with Gasteiger partial charge in [-0.15, -0.1) is 0 Å². The number of carboxylic acids is 1. The molecule has 1 aliphatic rings. The Morgan fingerprint density at radius 3 is 2.63 bits per heavy atom. The average molecular weight is 375 g/mol. The zero-order valence-electron chi connectivity index (χ0n) is 14.9. The molecule has 0 saturated heterocycles. The Morgan fingerprint density at radius 1 is 1.26 bits per heavy atom. The molecular weight excluding hydrogens is 353 g/mol. The van der Waals surface area contributed by atoms with E-state index < -0.39 is 17.8 Å². The van der Waals surface area contributed by atoms with Gasteiger partial charge in [-0.05, 0) is 30.5 Å². The smallest absolute Gasteiger partial charge is 0.305 e. The van der Waals surface area contributed by atoms with E-state index in [-0.39, 0.29) is 25.2 Å². The van der Waals surface area contributed by atoms with Crippen LogP contribution in [0.2, 0.25) is 0 Å². The number of halogens is 1. The van der Waals surface area contributed by atoms with Gasteiger partial charge in [-0.25, -0.2) is 4.39 Å². The SMILES string of the molecule is O=C(O)CC(NC(=O)CCc1nc(C2CCCC2)no1)c1ccc(F)cc1. The maximum atomic E-state index is 13.1. The number of carbonyl (C=O) groups is 2. The summed E-state index contributed by atoms with van der Waals surface area (Å²) < 4.78 is 18.3. The summed E-state index contributed by atoms with van der Waals surface area (Å²) in [6.07, 6.45) is 4.57. The number of nitrogens with zero attached hydrogens (tertiary/aromatic N) is 2. The number of amides is 1. The summed E-state index contributed by atoms with van der Waals surface area (Å²) in [5, 5.41) is 15.8. The first-order chi connectivity index (χ1) is 13.0. The van der Waals surface area contributed by atoms with Crippen LogP contribution in [0.5, 0.6) is 0 Å². The highest BCUT2D eigenvalue weighted by atomic mass is 19.1. The van der Waals surface area contributed by atoms with Crippen molar-refractivity contribution in [2.75, 3.05) is 0 Å². The van der Waals surface area contributed by atoms with Crippen molar-refractivity contribution in [3.8, 4) is 0 Å². The molecule has 1 aliphatic carbocycles. The number of benzene rings is 1. The van der Waals surface area contributed by atoms with Crippen LogP contribution in [0.1, 0.15) is 67.8 Å². The van der Waals surface area contributed by atoms with Gasteiger partial charge in [0.15, 0.2) is 5.82 Å². The molecule has 1 unspecified atom stereocenters. The lowest BCUT2D eigenvalue weighted by Gasteiger charge is -2.17. The normalized spacial score (nSPS) is 15.6. The van der Waals surface area contributed by atoms with Gasteiger partial charge in [-0.2, -0.15) is 4.98 Å². The van der Waals surface area contributed by atoms with Crippen LogP contribution in [-0.4, -0.2) is 27.1 Å². The Morgan fingerprint density at radius 2 is 1.96 bits per heavy atom. The minimum atomic E-state index is -1.05. The molecule has 1 aromatic heterocycles. The van der Waals surface area contributed by atoms with Crippen molar-refractivity contribution in [3.63, 3.8) is 0 Å². The summed E-state index contributed by atoms with van der Waals surface area (Å²) in [6, 6.07) is 4.68. The summed E-state index contributed by atoms with van der Waals surface area (Å²) in [7, 11) is 0. The molecule has 2 aromatic rings. The molecule has 1 aromatic carbocycles. The zero-order valence-corrected chi connectivity index (χ0v) is 14.9. The molecule has 0 aliphatic heterocycles. The molecule has 3 rings (SSSR count). The summed E-state index contributed by atoms with van der Waals surface area (Å²) in [5.41, 5.74) is 0.536. The highest BCUT2D eigenvalue weighted by Crippen LogP contribution is 2.32. The molecule has 0 bridgehead atoms. The van der Waals surface area contributed by atoms with E-state index in [9.17, 15) is 14.0 Å². The number of rotatable bonds is 8. The molecule has 1 amide bonds. The minimum absolute atomic E-state index is 0.101. The fourth-order valence-electron chi connectivity index (χ4n) is 3.33. The molecule has 27 heavy (non-hydrogen) atoms. The van der Waals surface area contributed by atoms with Crippen molar-refractivity contribution in [3.05, 3.63) is 47.4 Å². The van der Waals surface area contributed by atoms with Gasteiger partial charge in [0.2, 0.25) is 11.8 Å². The van der Waals surface area contributed by atoms with Crippen LogP contribution in [0.3, 0.4) is 0 Å². The summed E-state index contributed by atoms with van der Waals surface area (Å²) in [4.78, 5) is 27.7. The lowest BCUT2D eigenvalue weighted by atomic mass is 10.0. The number of carboxylic acid groups (broad SMARTS) is 1. The van der Waals surface area contributed by atoms with Crippen molar-refractivity contribution in [1.82, 2.24) is 15.5 Å². The molecule has 7 nitrogen and oxygen atoms in total. The van der Waals surface area contributed by atoms with Crippen LogP contribution >= 0.6 is 0 Å². The molecule has 2 N–H and O–H groups in total. The number of hydrogen-bond acceptors (Lipinski definition) is 5. The largest absolute Gasteiger partial charge is 0.481 e. The molecule has 1 saturated carbocycles. The first-order valence-electron chi connectivity index (χ1n) is 9.10. The minimum Gasteiger partial charge on any atom is -0.481 e. The fraction of sp³-hybridized carbons (Fsp3) is 0.474. The average Bonchev–Trinajstić information content (AvgIpc) is 3.31. The van der Waals surface area contributed by atoms with E-state index in [1.807, 2.05) is 0 Å².